The molecule has 0 bridgehead atoms. The van der Waals surface area contributed by atoms with Crippen LogP contribution in [0.3, 0.4) is 0 Å². The van der Waals surface area contributed by atoms with E-state index < -0.39 is 0 Å². The maximum absolute atomic E-state index is 5.81. The maximum Gasteiger partial charge on any atom is 0.239 e. The lowest BCUT2D eigenvalue weighted by molar-refractivity contribution is 0.191. The van der Waals surface area contributed by atoms with E-state index in [-0.39, 0.29) is 12.1 Å². The molecule has 3 N–H and O–H groups in total. The zero-order valence-corrected chi connectivity index (χ0v) is 11.6. The minimum Gasteiger partial charge on any atom is -0.473 e. The van der Waals surface area contributed by atoms with Crippen LogP contribution in [0.25, 0.3) is 0 Å². The van der Waals surface area contributed by atoms with Crippen molar-refractivity contribution in [2.75, 3.05) is 24.8 Å². The number of hydrogen-bond acceptors (Lipinski definition) is 5. The molecule has 5 nitrogen and oxygen atoms in total. The van der Waals surface area contributed by atoms with Crippen molar-refractivity contribution in [3.8, 4) is 5.88 Å². The van der Waals surface area contributed by atoms with E-state index in [2.05, 4.69) is 17.2 Å². The van der Waals surface area contributed by atoms with Gasteiger partial charge >= 0.3 is 0 Å². The Hall–Kier alpha value is -1.49. The van der Waals surface area contributed by atoms with Crippen LogP contribution < -0.4 is 15.8 Å². The van der Waals surface area contributed by atoms with Crippen molar-refractivity contribution in [2.24, 2.45) is 0 Å². The Morgan fingerprint density at radius 2 is 2.06 bits per heavy atom. The predicted molar refractivity (Wildman–Crippen MR) is 74.0 cm³/mol. The molecule has 0 aliphatic heterocycles. The molecule has 0 saturated carbocycles. The summed E-state index contributed by atoms with van der Waals surface area (Å²) in [5, 5.41) is 3.29. The summed E-state index contributed by atoms with van der Waals surface area (Å²) in [7, 11) is 1.70. The summed E-state index contributed by atoms with van der Waals surface area (Å²) in [6.45, 7) is 6.70. The molecule has 1 rings (SSSR count). The monoisotopic (exact) mass is 253 g/mol. The molecule has 0 aliphatic rings. The van der Waals surface area contributed by atoms with E-state index in [9.17, 15) is 0 Å². The van der Waals surface area contributed by atoms with Gasteiger partial charge in [0.25, 0.3) is 0 Å². The first-order valence-electron chi connectivity index (χ1n) is 6.21. The Bertz CT molecular complexity index is 369. The fourth-order valence-corrected chi connectivity index (χ4v) is 1.47. The van der Waals surface area contributed by atoms with Gasteiger partial charge in [0, 0.05) is 19.8 Å². The zero-order chi connectivity index (χ0) is 13.5. The zero-order valence-electron chi connectivity index (χ0n) is 11.6. The second kappa shape index (κ2) is 7.06. The van der Waals surface area contributed by atoms with E-state index in [0.717, 1.165) is 18.8 Å². The van der Waals surface area contributed by atoms with Gasteiger partial charge in [0.1, 0.15) is 5.82 Å². The van der Waals surface area contributed by atoms with Crippen LogP contribution in [0.5, 0.6) is 5.88 Å². The molecule has 0 radical (unpaired) electrons. The van der Waals surface area contributed by atoms with Crippen LogP contribution in [0.4, 0.5) is 11.5 Å². The molecular formula is C13H23N3O2. The first kappa shape index (κ1) is 14.6. The predicted octanol–water partition coefficient (Wildman–Crippen LogP) is 2.29. The van der Waals surface area contributed by atoms with E-state index in [0.29, 0.717) is 11.6 Å². The largest absolute Gasteiger partial charge is 0.473 e. The molecule has 0 amide bonds. The average molecular weight is 253 g/mol. The minimum absolute atomic E-state index is 0.0564. The number of nitrogens with one attached hydrogen (secondary N) is 1. The molecular weight excluding hydrogens is 230 g/mol. The van der Waals surface area contributed by atoms with Crippen LogP contribution in [0.2, 0.25) is 0 Å². The van der Waals surface area contributed by atoms with E-state index in [1.165, 1.54) is 0 Å². The van der Waals surface area contributed by atoms with Crippen LogP contribution in [0.15, 0.2) is 12.1 Å². The van der Waals surface area contributed by atoms with Gasteiger partial charge in [-0.15, -0.1) is 0 Å². The summed E-state index contributed by atoms with van der Waals surface area (Å²) < 4.78 is 10.6. The highest BCUT2D eigenvalue weighted by atomic mass is 16.5. The van der Waals surface area contributed by atoms with Crippen molar-refractivity contribution in [3.05, 3.63) is 12.1 Å². The van der Waals surface area contributed by atoms with Crippen molar-refractivity contribution in [3.63, 3.8) is 0 Å². The number of ether oxygens (including phenoxy) is 2. The molecule has 1 atom stereocenters. The molecule has 18 heavy (non-hydrogen) atoms. The number of nitrogens with two attached hydrogens (primary N) is 1. The Morgan fingerprint density at radius 3 is 2.67 bits per heavy atom. The molecule has 1 aromatic heterocycles. The van der Waals surface area contributed by atoms with E-state index in [1.807, 2.05) is 19.9 Å². The molecule has 1 aromatic rings. The highest BCUT2D eigenvalue weighted by molar-refractivity contribution is 5.53. The summed E-state index contributed by atoms with van der Waals surface area (Å²) >= 11 is 0. The maximum atomic E-state index is 5.81. The lowest BCUT2D eigenvalue weighted by Gasteiger charge is -2.16. The standard InChI is InChI=1S/C13H23N3O2/c1-9(2)18-13-11(14)5-6-12(16-13)15-10(3)7-8-17-4/h5-6,9-10H,7-8,14H2,1-4H3,(H,15,16). The summed E-state index contributed by atoms with van der Waals surface area (Å²) in [6.07, 6.45) is 0.976. The second-order valence-electron chi connectivity index (χ2n) is 4.58. The Labute approximate surface area is 109 Å². The normalized spacial score (nSPS) is 12.5. The highest BCUT2D eigenvalue weighted by Crippen LogP contribution is 2.22. The van der Waals surface area contributed by atoms with Crippen molar-refractivity contribution in [2.45, 2.75) is 39.3 Å². The van der Waals surface area contributed by atoms with Gasteiger partial charge in [-0.05, 0) is 39.3 Å². The van der Waals surface area contributed by atoms with E-state index >= 15 is 0 Å². The lowest BCUT2D eigenvalue weighted by Crippen LogP contribution is -2.18. The number of pyridine rings is 1. The van der Waals surface area contributed by atoms with Crippen molar-refractivity contribution < 1.29 is 9.47 Å². The minimum atomic E-state index is 0.0564. The Kier molecular flexibility index (Phi) is 5.71. The molecule has 0 fully saturated rings. The van der Waals surface area contributed by atoms with Crippen molar-refractivity contribution >= 4 is 11.5 Å². The van der Waals surface area contributed by atoms with Gasteiger partial charge in [-0.2, -0.15) is 4.98 Å². The molecule has 0 spiro atoms. The quantitative estimate of drug-likeness (QED) is 0.780. The van der Waals surface area contributed by atoms with Gasteiger partial charge < -0.3 is 20.5 Å². The van der Waals surface area contributed by atoms with Gasteiger partial charge in [-0.3, -0.25) is 0 Å². The fourth-order valence-electron chi connectivity index (χ4n) is 1.47. The Balaban J connectivity index is 2.66. The molecule has 1 unspecified atom stereocenters. The van der Waals surface area contributed by atoms with Gasteiger partial charge in [0.05, 0.1) is 11.8 Å². The third-order valence-electron chi connectivity index (χ3n) is 2.39. The fraction of sp³-hybridized carbons (Fsp3) is 0.615. The third-order valence-corrected chi connectivity index (χ3v) is 2.39. The third kappa shape index (κ3) is 4.79. The van der Waals surface area contributed by atoms with Crippen LogP contribution >= 0.6 is 0 Å². The summed E-state index contributed by atoms with van der Waals surface area (Å²) in [6, 6.07) is 3.94. The SMILES string of the molecule is COCCC(C)Nc1ccc(N)c(OC(C)C)n1. The number of aromatic nitrogens is 1. The first-order valence-corrected chi connectivity index (χ1v) is 6.21. The highest BCUT2D eigenvalue weighted by Gasteiger charge is 2.08. The topological polar surface area (TPSA) is 69.4 Å². The Morgan fingerprint density at radius 1 is 1.33 bits per heavy atom. The van der Waals surface area contributed by atoms with Gasteiger partial charge in [-0.25, -0.2) is 0 Å². The molecule has 1 heterocycles. The average Bonchev–Trinajstić information content (AvgIpc) is 2.30. The van der Waals surface area contributed by atoms with Crippen molar-refractivity contribution in [1.82, 2.24) is 4.98 Å². The summed E-state index contributed by atoms with van der Waals surface area (Å²) in [5.41, 5.74) is 6.37. The van der Waals surface area contributed by atoms with Crippen LogP contribution in [-0.4, -0.2) is 30.8 Å². The van der Waals surface area contributed by atoms with Crippen LogP contribution in [-0.2, 0) is 4.74 Å². The molecule has 5 heteroatoms. The first-order chi connectivity index (χ1) is 8.52. The number of anilines is 2. The second-order valence-corrected chi connectivity index (χ2v) is 4.58. The van der Waals surface area contributed by atoms with E-state index in [4.69, 9.17) is 15.2 Å². The van der Waals surface area contributed by atoms with E-state index in [1.54, 1.807) is 13.2 Å². The number of nitrogen functional groups attached to an aromatic ring is 1. The molecule has 0 saturated heterocycles. The van der Waals surface area contributed by atoms with Crippen LogP contribution in [0.1, 0.15) is 27.2 Å². The summed E-state index contributed by atoms with van der Waals surface area (Å²) in [5.74, 6) is 1.25. The van der Waals surface area contributed by atoms with Crippen molar-refractivity contribution in [1.29, 1.82) is 0 Å². The van der Waals surface area contributed by atoms with Crippen LogP contribution in [0, 0.1) is 0 Å². The van der Waals surface area contributed by atoms with Gasteiger partial charge in [0.2, 0.25) is 5.88 Å². The lowest BCUT2D eigenvalue weighted by atomic mass is 10.2. The smallest absolute Gasteiger partial charge is 0.239 e. The van der Waals surface area contributed by atoms with Gasteiger partial charge in [0.15, 0.2) is 0 Å². The number of rotatable bonds is 7. The molecule has 0 aliphatic carbocycles. The molecule has 102 valence electrons. The molecule has 0 aromatic carbocycles. The summed E-state index contributed by atoms with van der Waals surface area (Å²) in [4.78, 5) is 4.36. The number of methoxy groups -OCH3 is 1. The number of nitrogens with zero attached hydrogens (tertiary/aromatic N) is 1. The number of hydrogen-bond donors (Lipinski definition) is 2. The van der Waals surface area contributed by atoms with Gasteiger partial charge in [-0.1, -0.05) is 0 Å².